The molecule has 14 heavy (non-hydrogen) atoms. The predicted octanol–water partition coefficient (Wildman–Crippen LogP) is -1.42. The van der Waals surface area contributed by atoms with E-state index in [-0.39, 0.29) is 18.7 Å². The topological polar surface area (TPSA) is 98.5 Å². The fourth-order valence-corrected chi connectivity index (χ4v) is 0.800. The summed E-state index contributed by atoms with van der Waals surface area (Å²) in [5.74, 6) is -1.34. The number of ether oxygens (including phenoxy) is 1. The molecule has 0 aliphatic heterocycles. The summed E-state index contributed by atoms with van der Waals surface area (Å²) in [6.07, 6.45) is -0.169. The normalized spacial score (nSPS) is 11.6. The van der Waals surface area contributed by atoms with Crippen molar-refractivity contribution < 1.29 is 19.1 Å². The minimum Gasteiger partial charge on any atom is -0.469 e. The van der Waals surface area contributed by atoms with E-state index in [0.29, 0.717) is 0 Å². The number of Topliss-reactive ketones (excluding diaryl/α,β-unsaturated/α-hetero) is 1. The van der Waals surface area contributed by atoms with Crippen LogP contribution in [0.4, 0.5) is 0 Å². The van der Waals surface area contributed by atoms with Crippen LogP contribution < -0.4 is 11.1 Å². The van der Waals surface area contributed by atoms with Crippen molar-refractivity contribution in [1.29, 1.82) is 0 Å². The van der Waals surface area contributed by atoms with Crippen molar-refractivity contribution in [2.45, 2.75) is 19.4 Å². The Hall–Kier alpha value is -1.43. The van der Waals surface area contributed by atoms with Gasteiger partial charge in [-0.25, -0.2) is 0 Å². The van der Waals surface area contributed by atoms with Gasteiger partial charge < -0.3 is 15.8 Å². The number of ketones is 1. The van der Waals surface area contributed by atoms with E-state index in [4.69, 9.17) is 5.73 Å². The Morgan fingerprint density at radius 1 is 1.43 bits per heavy atom. The van der Waals surface area contributed by atoms with Gasteiger partial charge in [-0.15, -0.1) is 0 Å². The van der Waals surface area contributed by atoms with E-state index in [0.717, 1.165) is 0 Å². The zero-order valence-electron chi connectivity index (χ0n) is 8.20. The standard InChI is InChI=1S/C8H14N2O4/c1-5(11)6(3-8(13)14-2)10-7(12)4-9/h6H,3-4,9H2,1-2H3,(H,10,12)/t6-/m0/s1. The van der Waals surface area contributed by atoms with Gasteiger partial charge in [0.2, 0.25) is 5.91 Å². The van der Waals surface area contributed by atoms with Gasteiger partial charge in [-0.05, 0) is 6.92 Å². The molecule has 0 aromatic heterocycles. The van der Waals surface area contributed by atoms with Gasteiger partial charge in [-0.1, -0.05) is 0 Å². The molecule has 0 saturated heterocycles. The van der Waals surface area contributed by atoms with Crippen molar-refractivity contribution >= 4 is 17.7 Å². The molecule has 0 aromatic carbocycles. The molecule has 1 atom stereocenters. The van der Waals surface area contributed by atoms with E-state index < -0.39 is 17.9 Å². The van der Waals surface area contributed by atoms with E-state index >= 15 is 0 Å². The van der Waals surface area contributed by atoms with Gasteiger partial charge in [0.25, 0.3) is 0 Å². The molecule has 0 aromatic rings. The Labute approximate surface area is 81.8 Å². The quantitative estimate of drug-likeness (QED) is 0.533. The maximum Gasteiger partial charge on any atom is 0.308 e. The maximum atomic E-state index is 11.0. The van der Waals surface area contributed by atoms with Gasteiger partial charge in [0, 0.05) is 0 Å². The summed E-state index contributed by atoms with van der Waals surface area (Å²) < 4.78 is 4.37. The van der Waals surface area contributed by atoms with E-state index in [1.165, 1.54) is 14.0 Å². The highest BCUT2D eigenvalue weighted by atomic mass is 16.5. The molecule has 0 fully saturated rings. The third-order valence-corrected chi connectivity index (χ3v) is 1.61. The molecule has 0 saturated carbocycles. The number of nitrogens with one attached hydrogen (secondary N) is 1. The molecule has 6 nitrogen and oxygen atoms in total. The van der Waals surface area contributed by atoms with Crippen LogP contribution in [0.15, 0.2) is 0 Å². The smallest absolute Gasteiger partial charge is 0.308 e. The van der Waals surface area contributed by atoms with Crippen molar-refractivity contribution in [2.75, 3.05) is 13.7 Å². The van der Waals surface area contributed by atoms with E-state index in [2.05, 4.69) is 10.1 Å². The monoisotopic (exact) mass is 202 g/mol. The lowest BCUT2D eigenvalue weighted by atomic mass is 10.1. The average Bonchev–Trinajstić information content (AvgIpc) is 2.16. The van der Waals surface area contributed by atoms with Crippen LogP contribution in [0.1, 0.15) is 13.3 Å². The van der Waals surface area contributed by atoms with Crippen LogP contribution in [0.2, 0.25) is 0 Å². The highest BCUT2D eigenvalue weighted by molar-refractivity contribution is 5.91. The number of amides is 1. The van der Waals surface area contributed by atoms with Gasteiger partial charge in [-0.2, -0.15) is 0 Å². The molecular formula is C8H14N2O4. The van der Waals surface area contributed by atoms with E-state index in [1.54, 1.807) is 0 Å². The Morgan fingerprint density at radius 2 is 2.00 bits per heavy atom. The van der Waals surface area contributed by atoms with Gasteiger partial charge in [0.05, 0.1) is 26.1 Å². The number of carbonyl (C=O) groups is 3. The first-order chi connectivity index (χ1) is 6.51. The second-order valence-corrected chi connectivity index (χ2v) is 2.72. The third-order valence-electron chi connectivity index (χ3n) is 1.61. The maximum absolute atomic E-state index is 11.0. The second kappa shape index (κ2) is 6.09. The van der Waals surface area contributed by atoms with Crippen LogP contribution in [0, 0.1) is 0 Å². The zero-order chi connectivity index (χ0) is 11.1. The van der Waals surface area contributed by atoms with Crippen molar-refractivity contribution in [3.8, 4) is 0 Å². The highest BCUT2D eigenvalue weighted by Crippen LogP contribution is 1.95. The first-order valence-electron chi connectivity index (χ1n) is 4.08. The summed E-state index contributed by atoms with van der Waals surface area (Å²) >= 11 is 0. The highest BCUT2D eigenvalue weighted by Gasteiger charge is 2.20. The first kappa shape index (κ1) is 12.6. The van der Waals surface area contributed by atoms with Gasteiger partial charge in [0.1, 0.15) is 0 Å². The minimum atomic E-state index is -0.849. The third kappa shape index (κ3) is 4.56. The SMILES string of the molecule is COC(=O)C[C@H](NC(=O)CN)C(C)=O. The van der Waals surface area contributed by atoms with Gasteiger partial charge in [-0.3, -0.25) is 14.4 Å². The molecule has 0 heterocycles. The number of hydrogen-bond acceptors (Lipinski definition) is 5. The fraction of sp³-hybridized carbons (Fsp3) is 0.625. The fourth-order valence-electron chi connectivity index (χ4n) is 0.800. The summed E-state index contributed by atoms with van der Waals surface area (Å²) in [6.45, 7) is 1.06. The largest absolute Gasteiger partial charge is 0.469 e. The molecule has 6 heteroatoms. The lowest BCUT2D eigenvalue weighted by Gasteiger charge is -2.13. The number of rotatable bonds is 5. The van der Waals surface area contributed by atoms with Crippen LogP contribution in [0.5, 0.6) is 0 Å². The summed E-state index contributed by atoms with van der Waals surface area (Å²) in [5.41, 5.74) is 5.04. The number of nitrogens with two attached hydrogens (primary N) is 1. The summed E-state index contributed by atoms with van der Waals surface area (Å²) in [6, 6.07) is -0.849. The van der Waals surface area contributed by atoms with E-state index in [1.807, 2.05) is 0 Å². The molecule has 0 spiro atoms. The Balaban J connectivity index is 4.23. The molecule has 80 valence electrons. The Morgan fingerprint density at radius 3 is 2.36 bits per heavy atom. The summed E-state index contributed by atoms with van der Waals surface area (Å²) in [5, 5.41) is 2.32. The van der Waals surface area contributed by atoms with Crippen LogP contribution in [0.25, 0.3) is 0 Å². The molecule has 3 N–H and O–H groups in total. The molecule has 0 radical (unpaired) electrons. The summed E-state index contributed by atoms with van der Waals surface area (Å²) in [7, 11) is 1.21. The van der Waals surface area contributed by atoms with Crippen LogP contribution in [0.3, 0.4) is 0 Å². The molecule has 0 aliphatic rings. The van der Waals surface area contributed by atoms with Crippen molar-refractivity contribution in [1.82, 2.24) is 5.32 Å². The van der Waals surface area contributed by atoms with E-state index in [9.17, 15) is 14.4 Å². The molecule has 0 rings (SSSR count). The number of hydrogen-bond donors (Lipinski definition) is 2. The minimum absolute atomic E-state index is 0.169. The molecule has 1 amide bonds. The van der Waals surface area contributed by atoms with Gasteiger partial charge in [0.15, 0.2) is 5.78 Å². The lowest BCUT2D eigenvalue weighted by molar-refractivity contribution is -0.143. The number of esters is 1. The van der Waals surface area contributed by atoms with Crippen LogP contribution in [-0.4, -0.2) is 37.4 Å². The molecule has 0 bridgehead atoms. The van der Waals surface area contributed by atoms with Crippen LogP contribution >= 0.6 is 0 Å². The average molecular weight is 202 g/mol. The Bertz CT molecular complexity index is 221. The number of carbonyl (C=O) groups excluding carboxylic acids is 3. The van der Waals surface area contributed by atoms with Gasteiger partial charge >= 0.3 is 5.97 Å². The first-order valence-corrected chi connectivity index (χ1v) is 4.08. The van der Waals surface area contributed by atoms with Crippen molar-refractivity contribution in [3.63, 3.8) is 0 Å². The zero-order valence-corrected chi connectivity index (χ0v) is 8.20. The van der Waals surface area contributed by atoms with Crippen molar-refractivity contribution in [3.05, 3.63) is 0 Å². The molecular weight excluding hydrogens is 188 g/mol. The molecule has 0 unspecified atom stereocenters. The summed E-state index contributed by atoms with van der Waals surface area (Å²) in [4.78, 5) is 32.7. The predicted molar refractivity (Wildman–Crippen MR) is 48.3 cm³/mol. The molecule has 0 aliphatic carbocycles. The van der Waals surface area contributed by atoms with Crippen LogP contribution in [-0.2, 0) is 19.1 Å². The van der Waals surface area contributed by atoms with Crippen molar-refractivity contribution in [2.24, 2.45) is 5.73 Å². The second-order valence-electron chi connectivity index (χ2n) is 2.72. The lowest BCUT2D eigenvalue weighted by Crippen LogP contribution is -2.44. The Kier molecular flexibility index (Phi) is 5.47. The number of methoxy groups -OCH3 is 1.